The molecule has 0 bridgehead atoms. The first-order chi connectivity index (χ1) is 34.3. The molecular formula is C59H52F6N4O4. The van der Waals surface area contributed by atoms with Gasteiger partial charge in [0.2, 0.25) is 0 Å². The Labute approximate surface area is 419 Å². The van der Waals surface area contributed by atoms with Crippen LogP contribution >= 0.6 is 0 Å². The molecule has 0 aromatic heterocycles. The molecular weight excluding hydrogens is 943 g/mol. The second-order valence-electron chi connectivity index (χ2n) is 20.1. The van der Waals surface area contributed by atoms with Crippen LogP contribution in [0.25, 0.3) is 11.1 Å². The molecule has 8 N–H and O–H groups in total. The molecule has 73 heavy (non-hydrogen) atoms. The highest BCUT2D eigenvalue weighted by Crippen LogP contribution is 2.61. The van der Waals surface area contributed by atoms with E-state index in [0.717, 1.165) is 46.5 Å². The van der Waals surface area contributed by atoms with E-state index in [2.05, 4.69) is 0 Å². The number of hydrogen-bond donors (Lipinski definition) is 4. The summed E-state index contributed by atoms with van der Waals surface area (Å²) in [6.45, 7) is 11.9. The van der Waals surface area contributed by atoms with E-state index in [4.69, 9.17) is 41.9 Å². The smallest absolute Gasteiger partial charge is 0.420 e. The van der Waals surface area contributed by atoms with Crippen molar-refractivity contribution in [2.45, 2.75) is 70.1 Å². The topological polar surface area (TPSA) is 141 Å². The van der Waals surface area contributed by atoms with Gasteiger partial charge in [-0.15, -0.1) is 0 Å². The van der Waals surface area contributed by atoms with E-state index >= 15 is 26.3 Å². The van der Waals surface area contributed by atoms with Crippen LogP contribution in [0.5, 0.6) is 46.0 Å². The number of rotatable bonds is 10. The summed E-state index contributed by atoms with van der Waals surface area (Å²) < 4.78 is 117. The van der Waals surface area contributed by atoms with Gasteiger partial charge in [-0.05, 0) is 118 Å². The predicted molar refractivity (Wildman–Crippen MR) is 275 cm³/mol. The Hall–Kier alpha value is -8.26. The number of ether oxygens (including phenoxy) is 4. The summed E-state index contributed by atoms with van der Waals surface area (Å²) in [5.41, 5.74) is 25.0. The van der Waals surface area contributed by atoms with Gasteiger partial charge in [0.25, 0.3) is 0 Å². The number of nitrogen functional groups attached to an aromatic ring is 4. The molecule has 8 aromatic carbocycles. The number of halogens is 6. The lowest BCUT2D eigenvalue weighted by atomic mass is 9.67. The molecule has 0 fully saturated rings. The van der Waals surface area contributed by atoms with Crippen molar-refractivity contribution < 1.29 is 45.3 Å². The minimum atomic E-state index is -4.92. The van der Waals surface area contributed by atoms with Gasteiger partial charge in [0.15, 0.2) is 0 Å². The first kappa shape index (κ1) is 49.7. The highest BCUT2D eigenvalue weighted by molar-refractivity contribution is 5.88. The molecule has 0 unspecified atom stereocenters. The van der Waals surface area contributed by atoms with Crippen LogP contribution in [0.1, 0.15) is 86.1 Å². The van der Waals surface area contributed by atoms with Crippen molar-refractivity contribution in [2.75, 3.05) is 22.9 Å². The quantitative estimate of drug-likeness (QED) is 0.0784. The highest BCUT2D eigenvalue weighted by Gasteiger charge is 2.50. The van der Waals surface area contributed by atoms with Crippen LogP contribution in [-0.2, 0) is 28.6 Å². The normalized spacial score (nSPS) is 13.3. The number of alkyl halides is 6. The van der Waals surface area contributed by atoms with Crippen molar-refractivity contribution in [1.82, 2.24) is 0 Å². The minimum Gasteiger partial charge on any atom is -0.457 e. The van der Waals surface area contributed by atoms with Crippen molar-refractivity contribution in [3.05, 3.63) is 202 Å². The Balaban J connectivity index is 1.37. The minimum absolute atomic E-state index is 0.0986. The molecule has 14 heteroatoms. The van der Waals surface area contributed by atoms with E-state index in [0.29, 0.717) is 34.0 Å². The van der Waals surface area contributed by atoms with Crippen LogP contribution in [0.15, 0.2) is 158 Å². The summed E-state index contributed by atoms with van der Waals surface area (Å²) in [6, 6.07) is 41.4. The molecule has 8 aromatic rings. The van der Waals surface area contributed by atoms with E-state index in [1.54, 1.807) is 60.7 Å². The van der Waals surface area contributed by atoms with Crippen LogP contribution in [0.3, 0.4) is 0 Å². The molecule has 374 valence electrons. The fourth-order valence-corrected chi connectivity index (χ4v) is 9.53. The Morgan fingerprint density at radius 1 is 0.329 bits per heavy atom. The highest BCUT2D eigenvalue weighted by atomic mass is 19.4. The molecule has 0 heterocycles. The van der Waals surface area contributed by atoms with Gasteiger partial charge in [0.05, 0.1) is 5.41 Å². The molecule has 0 saturated carbocycles. The van der Waals surface area contributed by atoms with E-state index in [9.17, 15) is 0 Å². The van der Waals surface area contributed by atoms with Gasteiger partial charge in [-0.2, -0.15) is 26.3 Å². The summed E-state index contributed by atoms with van der Waals surface area (Å²) in [7, 11) is 0. The molecule has 0 spiro atoms. The lowest BCUT2D eigenvalue weighted by Crippen LogP contribution is -2.30. The van der Waals surface area contributed by atoms with Gasteiger partial charge in [-0.1, -0.05) is 102 Å². The van der Waals surface area contributed by atoms with E-state index < -0.39 is 51.2 Å². The van der Waals surface area contributed by atoms with Crippen molar-refractivity contribution in [3.8, 4) is 57.1 Å². The lowest BCUT2D eigenvalue weighted by Gasteiger charge is -2.36. The summed E-state index contributed by atoms with van der Waals surface area (Å²) in [5, 5.41) is 0. The Bertz CT molecular complexity index is 3200. The standard InChI is InChI=1S/C59H52F6N4O4/c1-55(2,3)45-27-33(66)15-23-49(45)70-37-19-21-43(53(31-37)72-51-25-17-35(68)29-47(51)58(60,61)62)57(41-13-9-7-11-39(41)40-12-8-10-14-42(40)57)44-22-20-38(71-50-24-16-34(67)28-46(50)56(4,5)6)32-54(44)73-52-26-18-36(69)30-48(52)59(63,64)65/h7-32H,66-69H2,1-6H3. The van der Waals surface area contributed by atoms with Gasteiger partial charge in [0.1, 0.15) is 57.1 Å². The van der Waals surface area contributed by atoms with Gasteiger partial charge in [0, 0.05) is 57.1 Å². The lowest BCUT2D eigenvalue weighted by molar-refractivity contribution is -0.139. The number of benzene rings is 8. The third-order valence-corrected chi connectivity index (χ3v) is 12.8. The average Bonchev–Trinajstić information content (AvgIpc) is 3.61. The van der Waals surface area contributed by atoms with Crippen LogP contribution in [0, 0.1) is 0 Å². The zero-order valence-corrected chi connectivity index (χ0v) is 40.7. The fraction of sp³-hybridized carbons (Fsp3) is 0.186. The zero-order chi connectivity index (χ0) is 52.4. The van der Waals surface area contributed by atoms with Crippen LogP contribution < -0.4 is 41.9 Å². The van der Waals surface area contributed by atoms with Crippen molar-refractivity contribution in [2.24, 2.45) is 0 Å². The molecule has 0 saturated heterocycles. The molecule has 9 rings (SSSR count). The molecule has 0 atom stereocenters. The second-order valence-corrected chi connectivity index (χ2v) is 20.1. The third-order valence-electron chi connectivity index (χ3n) is 12.8. The number of fused-ring (bicyclic) bond motifs is 3. The average molecular weight is 995 g/mol. The van der Waals surface area contributed by atoms with E-state index in [-0.39, 0.29) is 45.5 Å². The van der Waals surface area contributed by atoms with E-state index in [1.165, 1.54) is 24.3 Å². The Morgan fingerprint density at radius 3 is 0.973 bits per heavy atom. The third kappa shape index (κ3) is 9.52. The maximum atomic E-state index is 15.0. The summed E-state index contributed by atoms with van der Waals surface area (Å²) in [4.78, 5) is 0. The van der Waals surface area contributed by atoms with Gasteiger partial charge < -0.3 is 41.9 Å². The van der Waals surface area contributed by atoms with Gasteiger partial charge in [-0.3, -0.25) is 0 Å². The number of nitrogens with two attached hydrogens (primary N) is 4. The van der Waals surface area contributed by atoms with Crippen molar-refractivity contribution in [1.29, 1.82) is 0 Å². The van der Waals surface area contributed by atoms with Gasteiger partial charge in [-0.25, -0.2) is 0 Å². The van der Waals surface area contributed by atoms with Crippen LogP contribution in [-0.4, -0.2) is 0 Å². The van der Waals surface area contributed by atoms with Crippen molar-refractivity contribution >= 4 is 22.7 Å². The SMILES string of the molecule is CC(C)(C)c1cc(N)ccc1Oc1ccc(C2(c3ccc(Oc4ccc(N)cc4C(C)(C)C)cc3Oc3ccc(N)cc3C(F)(F)F)c3ccccc3-c3ccccc32)c(Oc2ccc(N)cc2C(F)(F)F)c1. The molecule has 8 nitrogen and oxygen atoms in total. The molecule has 0 amide bonds. The van der Waals surface area contributed by atoms with Gasteiger partial charge >= 0.3 is 12.4 Å². The molecule has 1 aliphatic carbocycles. The van der Waals surface area contributed by atoms with Crippen LogP contribution in [0.2, 0.25) is 0 Å². The second kappa shape index (κ2) is 18.1. The summed E-state index contributed by atoms with van der Waals surface area (Å²) >= 11 is 0. The predicted octanol–water partition coefficient (Wildman–Crippen LogP) is 16.2. The Morgan fingerprint density at radius 2 is 0.644 bits per heavy atom. The number of hydrogen-bond acceptors (Lipinski definition) is 8. The van der Waals surface area contributed by atoms with Crippen molar-refractivity contribution in [3.63, 3.8) is 0 Å². The van der Waals surface area contributed by atoms with Crippen LogP contribution in [0.4, 0.5) is 49.1 Å². The maximum Gasteiger partial charge on any atom is 0.420 e. The molecule has 0 aliphatic heterocycles. The summed E-state index contributed by atoms with van der Waals surface area (Å²) in [6.07, 6.45) is -9.84. The monoisotopic (exact) mass is 994 g/mol. The largest absolute Gasteiger partial charge is 0.457 e. The Kier molecular flexibility index (Phi) is 12.3. The first-order valence-corrected chi connectivity index (χ1v) is 23.3. The van der Waals surface area contributed by atoms with E-state index in [1.807, 2.05) is 90.1 Å². The number of anilines is 4. The first-order valence-electron chi connectivity index (χ1n) is 23.3. The fourth-order valence-electron chi connectivity index (χ4n) is 9.53. The summed E-state index contributed by atoms with van der Waals surface area (Å²) in [5.74, 6) is -0.120. The molecule has 1 aliphatic rings. The zero-order valence-electron chi connectivity index (χ0n) is 40.7. The maximum absolute atomic E-state index is 15.0. The molecule has 0 radical (unpaired) electrons.